The lowest BCUT2D eigenvalue weighted by molar-refractivity contribution is -0.190. The summed E-state index contributed by atoms with van der Waals surface area (Å²) in [6.07, 6.45) is 0. The van der Waals surface area contributed by atoms with Crippen LogP contribution in [-0.2, 0) is 14.3 Å². The summed E-state index contributed by atoms with van der Waals surface area (Å²) in [6, 6.07) is 0.140. The zero-order valence-electron chi connectivity index (χ0n) is 13.4. The molecular formula is C15H28N2O3. The monoisotopic (exact) mass is 284 g/mol. The molecule has 2 saturated heterocycles. The van der Waals surface area contributed by atoms with Gasteiger partial charge in [-0.15, -0.1) is 0 Å². The minimum atomic E-state index is -0.301. The Morgan fingerprint density at radius 2 is 1.80 bits per heavy atom. The van der Waals surface area contributed by atoms with Crippen LogP contribution in [0.3, 0.4) is 0 Å². The third-order valence-electron chi connectivity index (χ3n) is 3.87. The Morgan fingerprint density at radius 1 is 1.20 bits per heavy atom. The zero-order chi connectivity index (χ0) is 15.0. The highest BCUT2D eigenvalue weighted by atomic mass is 16.5. The highest BCUT2D eigenvalue weighted by Crippen LogP contribution is 2.30. The van der Waals surface area contributed by atoms with Crippen molar-refractivity contribution in [1.29, 1.82) is 0 Å². The Bertz CT molecular complexity index is 352. The van der Waals surface area contributed by atoms with E-state index in [9.17, 15) is 4.79 Å². The van der Waals surface area contributed by atoms with Gasteiger partial charge in [-0.05, 0) is 34.2 Å². The van der Waals surface area contributed by atoms with E-state index in [0.29, 0.717) is 26.3 Å². The highest BCUT2D eigenvalue weighted by Gasteiger charge is 2.44. The SMILES string of the molecule is CCNC1COCC1C(=O)N1CC(C)(C)OC(C)(C)C1. The number of nitrogens with one attached hydrogen (secondary N) is 1. The number of carbonyl (C=O) groups excluding carboxylic acids is 1. The molecule has 0 aromatic carbocycles. The molecule has 0 aromatic heterocycles. The lowest BCUT2D eigenvalue weighted by atomic mass is 9.95. The molecular weight excluding hydrogens is 256 g/mol. The Balaban J connectivity index is 2.08. The van der Waals surface area contributed by atoms with Gasteiger partial charge >= 0.3 is 0 Å². The van der Waals surface area contributed by atoms with Gasteiger partial charge in [0.1, 0.15) is 0 Å². The summed E-state index contributed by atoms with van der Waals surface area (Å²) in [7, 11) is 0. The smallest absolute Gasteiger partial charge is 0.229 e. The average Bonchev–Trinajstić information content (AvgIpc) is 2.72. The molecule has 1 amide bonds. The molecule has 2 rings (SSSR count). The van der Waals surface area contributed by atoms with Crippen LogP contribution < -0.4 is 5.32 Å². The average molecular weight is 284 g/mol. The van der Waals surface area contributed by atoms with E-state index in [-0.39, 0.29) is 29.1 Å². The molecule has 5 heteroatoms. The number of ether oxygens (including phenoxy) is 2. The van der Waals surface area contributed by atoms with Crippen LogP contribution in [0.15, 0.2) is 0 Å². The second kappa shape index (κ2) is 5.62. The molecule has 0 bridgehead atoms. The number of likely N-dealkylation sites (N-methyl/N-ethyl adjacent to an activating group) is 1. The maximum atomic E-state index is 12.8. The molecule has 1 N–H and O–H groups in total. The van der Waals surface area contributed by atoms with Crippen LogP contribution in [0.5, 0.6) is 0 Å². The molecule has 2 fully saturated rings. The Morgan fingerprint density at radius 3 is 2.35 bits per heavy atom. The van der Waals surface area contributed by atoms with Gasteiger partial charge in [0.2, 0.25) is 5.91 Å². The van der Waals surface area contributed by atoms with Gasteiger partial charge in [0, 0.05) is 19.1 Å². The minimum Gasteiger partial charge on any atom is -0.379 e. The van der Waals surface area contributed by atoms with Crippen LogP contribution in [-0.4, -0.2) is 60.9 Å². The molecule has 2 heterocycles. The fourth-order valence-corrected chi connectivity index (χ4v) is 3.44. The lowest BCUT2D eigenvalue weighted by Crippen LogP contribution is -2.60. The third kappa shape index (κ3) is 3.51. The van der Waals surface area contributed by atoms with Crippen molar-refractivity contribution < 1.29 is 14.3 Å². The highest BCUT2D eigenvalue weighted by molar-refractivity contribution is 5.80. The molecule has 0 aliphatic carbocycles. The fourth-order valence-electron chi connectivity index (χ4n) is 3.44. The first kappa shape index (κ1) is 15.7. The van der Waals surface area contributed by atoms with Gasteiger partial charge in [-0.25, -0.2) is 0 Å². The number of carbonyl (C=O) groups is 1. The van der Waals surface area contributed by atoms with Crippen molar-refractivity contribution in [1.82, 2.24) is 10.2 Å². The summed E-state index contributed by atoms with van der Waals surface area (Å²) in [5.74, 6) is 0.123. The van der Waals surface area contributed by atoms with Crippen LogP contribution in [0.1, 0.15) is 34.6 Å². The summed E-state index contributed by atoms with van der Waals surface area (Å²) in [4.78, 5) is 14.8. The molecule has 20 heavy (non-hydrogen) atoms. The number of nitrogens with zero attached hydrogens (tertiary/aromatic N) is 1. The standard InChI is InChI=1S/C15H28N2O3/c1-6-16-12-8-19-7-11(12)13(18)17-9-14(2,3)20-15(4,5)10-17/h11-12,16H,6-10H2,1-5H3. The first-order valence-corrected chi connectivity index (χ1v) is 7.54. The molecule has 0 spiro atoms. The van der Waals surface area contributed by atoms with Crippen molar-refractivity contribution in [3.05, 3.63) is 0 Å². The maximum absolute atomic E-state index is 12.8. The molecule has 0 saturated carbocycles. The third-order valence-corrected chi connectivity index (χ3v) is 3.87. The topological polar surface area (TPSA) is 50.8 Å². The molecule has 2 aliphatic heterocycles. The normalized spacial score (nSPS) is 32.4. The number of rotatable bonds is 3. The van der Waals surface area contributed by atoms with E-state index in [1.54, 1.807) is 0 Å². The largest absolute Gasteiger partial charge is 0.379 e. The first-order valence-electron chi connectivity index (χ1n) is 7.54. The van der Waals surface area contributed by atoms with E-state index >= 15 is 0 Å². The van der Waals surface area contributed by atoms with Gasteiger partial charge in [-0.2, -0.15) is 0 Å². The molecule has 0 aromatic rings. The van der Waals surface area contributed by atoms with Crippen LogP contribution >= 0.6 is 0 Å². The Labute approximate surface area is 122 Å². The van der Waals surface area contributed by atoms with Gasteiger partial charge < -0.3 is 19.7 Å². The quantitative estimate of drug-likeness (QED) is 0.841. The molecule has 2 atom stereocenters. The van der Waals surface area contributed by atoms with Crippen LogP contribution in [0, 0.1) is 5.92 Å². The van der Waals surface area contributed by atoms with Gasteiger partial charge in [0.25, 0.3) is 0 Å². The van der Waals surface area contributed by atoms with Crippen molar-refractivity contribution in [2.24, 2.45) is 5.92 Å². The van der Waals surface area contributed by atoms with Gasteiger partial charge in [0.05, 0.1) is 30.3 Å². The van der Waals surface area contributed by atoms with Crippen molar-refractivity contribution in [3.63, 3.8) is 0 Å². The summed E-state index contributed by atoms with van der Waals surface area (Å²) in [5.41, 5.74) is -0.602. The van der Waals surface area contributed by atoms with Crippen LogP contribution in [0.25, 0.3) is 0 Å². The van der Waals surface area contributed by atoms with Crippen molar-refractivity contribution >= 4 is 5.91 Å². The molecule has 2 unspecified atom stereocenters. The van der Waals surface area contributed by atoms with E-state index in [0.717, 1.165) is 6.54 Å². The molecule has 2 aliphatic rings. The predicted molar refractivity (Wildman–Crippen MR) is 77.6 cm³/mol. The summed E-state index contributed by atoms with van der Waals surface area (Å²) < 4.78 is 11.5. The van der Waals surface area contributed by atoms with E-state index in [2.05, 4.69) is 12.2 Å². The van der Waals surface area contributed by atoms with Gasteiger partial charge in [0.15, 0.2) is 0 Å². The van der Waals surface area contributed by atoms with E-state index in [1.165, 1.54) is 0 Å². The fraction of sp³-hybridized carbons (Fsp3) is 0.933. The van der Waals surface area contributed by atoms with Crippen molar-refractivity contribution in [2.75, 3.05) is 32.8 Å². The lowest BCUT2D eigenvalue weighted by Gasteiger charge is -2.47. The van der Waals surface area contributed by atoms with Gasteiger partial charge in [-0.3, -0.25) is 4.79 Å². The van der Waals surface area contributed by atoms with Gasteiger partial charge in [-0.1, -0.05) is 6.92 Å². The molecule has 5 nitrogen and oxygen atoms in total. The van der Waals surface area contributed by atoms with Crippen molar-refractivity contribution in [2.45, 2.75) is 51.9 Å². The Hall–Kier alpha value is -0.650. The van der Waals surface area contributed by atoms with Crippen LogP contribution in [0.2, 0.25) is 0 Å². The number of amides is 1. The Kier molecular flexibility index (Phi) is 4.42. The molecule has 116 valence electrons. The predicted octanol–water partition coefficient (Wildman–Crippen LogP) is 1.03. The molecule has 0 radical (unpaired) electrons. The van der Waals surface area contributed by atoms with E-state index < -0.39 is 0 Å². The van der Waals surface area contributed by atoms with E-state index in [1.807, 2.05) is 32.6 Å². The summed E-state index contributed by atoms with van der Waals surface area (Å²) >= 11 is 0. The number of hydrogen-bond acceptors (Lipinski definition) is 4. The summed E-state index contributed by atoms with van der Waals surface area (Å²) in [6.45, 7) is 13.5. The van der Waals surface area contributed by atoms with E-state index in [4.69, 9.17) is 9.47 Å². The second-order valence-electron chi connectivity index (χ2n) is 7.12. The van der Waals surface area contributed by atoms with Crippen LogP contribution in [0.4, 0.5) is 0 Å². The zero-order valence-corrected chi connectivity index (χ0v) is 13.4. The number of morpholine rings is 1. The number of hydrogen-bond donors (Lipinski definition) is 1. The first-order chi connectivity index (χ1) is 9.24. The maximum Gasteiger partial charge on any atom is 0.229 e. The summed E-state index contributed by atoms with van der Waals surface area (Å²) in [5, 5.41) is 3.35. The minimum absolute atomic E-state index is 0.0698. The van der Waals surface area contributed by atoms with Crippen molar-refractivity contribution in [3.8, 4) is 0 Å². The second-order valence-corrected chi connectivity index (χ2v) is 7.12.